The molecule has 0 saturated carbocycles. The average Bonchev–Trinajstić information content (AvgIpc) is 3.27. The van der Waals surface area contributed by atoms with E-state index in [1.807, 2.05) is 29.2 Å². The minimum Gasteiger partial charge on any atom is -0.482 e. The third kappa shape index (κ3) is 5.33. The van der Waals surface area contributed by atoms with Crippen LogP contribution >= 0.6 is 0 Å². The van der Waals surface area contributed by atoms with Gasteiger partial charge < -0.3 is 25.2 Å². The second-order valence-corrected chi connectivity index (χ2v) is 8.33. The molecule has 0 radical (unpaired) electrons. The van der Waals surface area contributed by atoms with Gasteiger partial charge >= 0.3 is 0 Å². The molecule has 7 nitrogen and oxygen atoms in total. The van der Waals surface area contributed by atoms with Gasteiger partial charge in [-0.05, 0) is 51.0 Å². The minimum atomic E-state index is -0.000126. The molecule has 4 rings (SSSR count). The Morgan fingerprint density at radius 2 is 2.00 bits per heavy atom. The number of ether oxygens (including phenoxy) is 1. The zero-order valence-corrected chi connectivity index (χ0v) is 19.0. The summed E-state index contributed by atoms with van der Waals surface area (Å²) >= 11 is 0. The molecule has 1 saturated heterocycles. The normalized spacial score (nSPS) is 18.4. The van der Waals surface area contributed by atoms with Crippen LogP contribution in [0, 0.1) is 6.92 Å². The highest BCUT2D eigenvalue weighted by Gasteiger charge is 2.25. The quantitative estimate of drug-likeness (QED) is 0.398. The number of aliphatic imine (C=N–C) groups is 1. The van der Waals surface area contributed by atoms with Gasteiger partial charge in [0.1, 0.15) is 5.75 Å². The van der Waals surface area contributed by atoms with E-state index in [1.165, 1.54) is 11.3 Å². The number of para-hydroxylation sites is 2. The Labute approximate surface area is 190 Å². The summed E-state index contributed by atoms with van der Waals surface area (Å²) in [5, 5.41) is 6.94. The number of hydrogen-bond acceptors (Lipinski definition) is 4. The summed E-state index contributed by atoms with van der Waals surface area (Å²) in [5.41, 5.74) is 3.41. The Kier molecular flexibility index (Phi) is 7.14. The van der Waals surface area contributed by atoms with E-state index in [9.17, 15) is 4.79 Å². The number of aryl methyl sites for hydroxylation is 1. The van der Waals surface area contributed by atoms with Crippen molar-refractivity contribution >= 4 is 23.2 Å². The Balaban J connectivity index is 1.29. The van der Waals surface area contributed by atoms with Crippen LogP contribution in [0.25, 0.3) is 0 Å². The van der Waals surface area contributed by atoms with Crippen molar-refractivity contribution in [3.63, 3.8) is 0 Å². The highest BCUT2D eigenvalue weighted by molar-refractivity contribution is 5.97. The summed E-state index contributed by atoms with van der Waals surface area (Å²) in [5.74, 6) is 1.61. The molecule has 1 amide bonds. The van der Waals surface area contributed by atoms with Crippen LogP contribution in [0.3, 0.4) is 0 Å². The molecule has 1 atom stereocenters. The maximum Gasteiger partial charge on any atom is 0.265 e. The van der Waals surface area contributed by atoms with Crippen LogP contribution in [0.4, 0.5) is 11.4 Å². The number of nitrogens with one attached hydrogen (secondary N) is 2. The van der Waals surface area contributed by atoms with Crippen LogP contribution in [-0.2, 0) is 4.79 Å². The lowest BCUT2D eigenvalue weighted by Gasteiger charge is -2.29. The number of benzene rings is 2. The number of guanidine groups is 1. The maximum atomic E-state index is 12.3. The lowest BCUT2D eigenvalue weighted by molar-refractivity contribution is -0.121. The fourth-order valence-corrected chi connectivity index (χ4v) is 4.20. The molecule has 2 aromatic carbocycles. The highest BCUT2D eigenvalue weighted by atomic mass is 16.5. The molecule has 2 heterocycles. The lowest BCUT2D eigenvalue weighted by atomic mass is 10.2. The third-order valence-corrected chi connectivity index (χ3v) is 5.89. The van der Waals surface area contributed by atoms with Crippen LogP contribution in [0.1, 0.15) is 25.3 Å². The van der Waals surface area contributed by atoms with Crippen molar-refractivity contribution < 1.29 is 9.53 Å². The first-order valence-corrected chi connectivity index (χ1v) is 11.5. The van der Waals surface area contributed by atoms with Gasteiger partial charge in [-0.15, -0.1) is 0 Å². The van der Waals surface area contributed by atoms with Gasteiger partial charge in [0.15, 0.2) is 12.6 Å². The summed E-state index contributed by atoms with van der Waals surface area (Å²) in [7, 11) is 0. The standard InChI is InChI=1S/C25H33N5O2/c1-3-26-25(28-20-13-16-29(17-20)21-11-9-19(2)10-12-21)27-14-6-15-30-22-7-4-5-8-23(22)32-18-24(30)31/h4-5,7-12,20H,3,6,13-18H2,1-2H3,(H2,26,27,28). The van der Waals surface area contributed by atoms with Gasteiger partial charge in [0.2, 0.25) is 0 Å². The number of nitrogens with zero attached hydrogens (tertiary/aromatic N) is 3. The van der Waals surface area contributed by atoms with Crippen molar-refractivity contribution in [2.75, 3.05) is 49.1 Å². The van der Waals surface area contributed by atoms with Crippen molar-refractivity contribution in [2.24, 2.45) is 4.99 Å². The molecular formula is C25H33N5O2. The van der Waals surface area contributed by atoms with Crippen LogP contribution < -0.4 is 25.2 Å². The van der Waals surface area contributed by atoms with Crippen LogP contribution in [0.5, 0.6) is 5.75 Å². The fourth-order valence-electron chi connectivity index (χ4n) is 4.20. The minimum absolute atomic E-state index is 0.000126. The molecule has 2 N–H and O–H groups in total. The number of amides is 1. The van der Waals surface area contributed by atoms with Crippen LogP contribution in [0.2, 0.25) is 0 Å². The van der Waals surface area contributed by atoms with Crippen LogP contribution in [-0.4, -0.2) is 57.2 Å². The second kappa shape index (κ2) is 10.4. The van der Waals surface area contributed by atoms with Crippen molar-refractivity contribution in [3.05, 3.63) is 54.1 Å². The summed E-state index contributed by atoms with van der Waals surface area (Å²) < 4.78 is 5.52. The van der Waals surface area contributed by atoms with Crippen molar-refractivity contribution in [1.82, 2.24) is 10.6 Å². The number of anilines is 2. The van der Waals surface area contributed by atoms with Crippen molar-refractivity contribution in [3.8, 4) is 5.75 Å². The predicted octanol–water partition coefficient (Wildman–Crippen LogP) is 2.94. The van der Waals surface area contributed by atoms with Crippen molar-refractivity contribution in [2.45, 2.75) is 32.7 Å². The largest absolute Gasteiger partial charge is 0.482 e. The summed E-state index contributed by atoms with van der Waals surface area (Å²) in [6, 6.07) is 16.8. The fraction of sp³-hybridized carbons (Fsp3) is 0.440. The molecule has 1 fully saturated rings. The molecule has 32 heavy (non-hydrogen) atoms. The van der Waals surface area contributed by atoms with E-state index in [1.54, 1.807) is 0 Å². The number of hydrogen-bond donors (Lipinski definition) is 2. The number of fused-ring (bicyclic) bond motifs is 1. The first kappa shape index (κ1) is 22.0. The number of carbonyl (C=O) groups excluding carboxylic acids is 1. The monoisotopic (exact) mass is 435 g/mol. The smallest absolute Gasteiger partial charge is 0.265 e. The van der Waals surface area contributed by atoms with E-state index in [-0.39, 0.29) is 12.5 Å². The van der Waals surface area contributed by atoms with Gasteiger partial charge in [0.25, 0.3) is 5.91 Å². The Hall–Kier alpha value is -3.22. The van der Waals surface area contributed by atoms with Gasteiger partial charge in [-0.2, -0.15) is 0 Å². The van der Waals surface area contributed by atoms with Gasteiger partial charge in [-0.25, -0.2) is 0 Å². The SMILES string of the molecule is CCNC(=NCCCN1C(=O)COc2ccccc21)NC1CCN(c2ccc(C)cc2)C1. The third-order valence-electron chi connectivity index (χ3n) is 5.89. The predicted molar refractivity (Wildman–Crippen MR) is 130 cm³/mol. The summed E-state index contributed by atoms with van der Waals surface area (Å²) in [6.45, 7) is 8.40. The molecule has 7 heteroatoms. The van der Waals surface area contributed by atoms with E-state index < -0.39 is 0 Å². The molecule has 2 aliphatic rings. The molecule has 0 aromatic heterocycles. The average molecular weight is 436 g/mol. The molecule has 0 bridgehead atoms. The van der Waals surface area contributed by atoms with Gasteiger partial charge in [0, 0.05) is 44.5 Å². The zero-order chi connectivity index (χ0) is 22.3. The van der Waals surface area contributed by atoms with Gasteiger partial charge in [0.05, 0.1) is 5.69 Å². The van der Waals surface area contributed by atoms with E-state index >= 15 is 0 Å². The van der Waals surface area contributed by atoms with Gasteiger partial charge in [-0.1, -0.05) is 29.8 Å². The Morgan fingerprint density at radius 3 is 2.81 bits per heavy atom. The first-order chi connectivity index (χ1) is 15.6. The number of carbonyl (C=O) groups is 1. The van der Waals surface area contributed by atoms with E-state index in [2.05, 4.69) is 53.6 Å². The van der Waals surface area contributed by atoms with Crippen LogP contribution in [0.15, 0.2) is 53.5 Å². The zero-order valence-electron chi connectivity index (χ0n) is 19.0. The molecule has 0 spiro atoms. The number of rotatable bonds is 7. The summed E-state index contributed by atoms with van der Waals surface area (Å²) in [4.78, 5) is 21.3. The molecule has 1 unspecified atom stereocenters. The molecule has 0 aliphatic carbocycles. The van der Waals surface area contributed by atoms with Crippen molar-refractivity contribution in [1.29, 1.82) is 0 Å². The molecular weight excluding hydrogens is 402 g/mol. The Bertz CT molecular complexity index is 944. The molecule has 170 valence electrons. The Morgan fingerprint density at radius 1 is 1.19 bits per heavy atom. The van der Waals surface area contributed by atoms with E-state index in [0.29, 0.717) is 19.1 Å². The lowest BCUT2D eigenvalue weighted by Crippen LogP contribution is -2.44. The van der Waals surface area contributed by atoms with E-state index in [4.69, 9.17) is 9.73 Å². The summed E-state index contributed by atoms with van der Waals surface area (Å²) in [6.07, 6.45) is 1.87. The highest BCUT2D eigenvalue weighted by Crippen LogP contribution is 2.31. The van der Waals surface area contributed by atoms with Gasteiger partial charge in [-0.3, -0.25) is 9.79 Å². The molecule has 2 aliphatic heterocycles. The maximum absolute atomic E-state index is 12.3. The topological polar surface area (TPSA) is 69.2 Å². The van der Waals surface area contributed by atoms with E-state index in [0.717, 1.165) is 49.9 Å². The second-order valence-electron chi connectivity index (χ2n) is 8.33. The first-order valence-electron chi connectivity index (χ1n) is 11.5. The molecule has 2 aromatic rings.